The Bertz CT molecular complexity index is 449. The molecule has 0 bridgehead atoms. The number of hydrogen-bond donors (Lipinski definition) is 0. The fourth-order valence-electron chi connectivity index (χ4n) is 1.88. The van der Waals surface area contributed by atoms with Gasteiger partial charge in [-0.1, -0.05) is 25.9 Å². The molecule has 4 heteroatoms. The van der Waals surface area contributed by atoms with Crippen LogP contribution in [0.15, 0.2) is 23.2 Å². The van der Waals surface area contributed by atoms with E-state index in [9.17, 15) is 0 Å². The minimum atomic E-state index is 0.0534. The molecule has 80 valence electrons. The van der Waals surface area contributed by atoms with Gasteiger partial charge in [0.25, 0.3) is 0 Å². The average Bonchev–Trinajstić information content (AvgIpc) is 2.68. The standard InChI is InChI=1S/C11H15N3O/c1-11(2,3)10-9(6-12-14(10)4)8-5-13-15-7-8/h5-7H,1-4H3. The smallest absolute Gasteiger partial charge is 0.131 e. The molecular formula is C11H15N3O. The summed E-state index contributed by atoms with van der Waals surface area (Å²) in [5.41, 5.74) is 3.31. The molecule has 0 saturated heterocycles. The van der Waals surface area contributed by atoms with Crippen molar-refractivity contribution in [1.29, 1.82) is 0 Å². The van der Waals surface area contributed by atoms with Gasteiger partial charge in [0.1, 0.15) is 6.26 Å². The van der Waals surface area contributed by atoms with Crippen LogP contribution in [0.2, 0.25) is 0 Å². The zero-order valence-corrected chi connectivity index (χ0v) is 9.48. The normalized spacial score (nSPS) is 12.0. The highest BCUT2D eigenvalue weighted by molar-refractivity contribution is 5.64. The van der Waals surface area contributed by atoms with Gasteiger partial charge in [-0.2, -0.15) is 5.10 Å². The summed E-state index contributed by atoms with van der Waals surface area (Å²) in [6, 6.07) is 0. The maximum absolute atomic E-state index is 4.86. The Morgan fingerprint density at radius 1 is 1.27 bits per heavy atom. The van der Waals surface area contributed by atoms with Gasteiger partial charge in [0.15, 0.2) is 0 Å². The Labute approximate surface area is 88.9 Å². The van der Waals surface area contributed by atoms with E-state index in [0.29, 0.717) is 0 Å². The molecule has 0 radical (unpaired) electrons. The fraction of sp³-hybridized carbons (Fsp3) is 0.455. The molecule has 0 amide bonds. The van der Waals surface area contributed by atoms with Crippen molar-refractivity contribution in [3.63, 3.8) is 0 Å². The van der Waals surface area contributed by atoms with Crippen LogP contribution in [0.4, 0.5) is 0 Å². The number of aryl methyl sites for hydroxylation is 1. The van der Waals surface area contributed by atoms with Crippen LogP contribution in [-0.2, 0) is 12.5 Å². The lowest BCUT2D eigenvalue weighted by Gasteiger charge is -2.20. The number of nitrogens with zero attached hydrogens (tertiary/aromatic N) is 3. The van der Waals surface area contributed by atoms with Crippen molar-refractivity contribution in [2.45, 2.75) is 26.2 Å². The third-order valence-corrected chi connectivity index (χ3v) is 2.39. The lowest BCUT2D eigenvalue weighted by molar-refractivity contribution is 0.420. The van der Waals surface area contributed by atoms with E-state index in [1.54, 1.807) is 12.5 Å². The van der Waals surface area contributed by atoms with Crippen LogP contribution < -0.4 is 0 Å². The van der Waals surface area contributed by atoms with E-state index in [-0.39, 0.29) is 5.41 Å². The lowest BCUT2D eigenvalue weighted by Crippen LogP contribution is -2.17. The molecule has 0 N–H and O–H groups in total. The highest BCUT2D eigenvalue weighted by Gasteiger charge is 2.23. The van der Waals surface area contributed by atoms with Gasteiger partial charge in [-0.25, -0.2) is 0 Å². The van der Waals surface area contributed by atoms with Crippen molar-refractivity contribution < 1.29 is 4.52 Å². The van der Waals surface area contributed by atoms with E-state index in [4.69, 9.17) is 4.52 Å². The molecule has 0 fully saturated rings. The minimum Gasteiger partial charge on any atom is -0.364 e. The van der Waals surface area contributed by atoms with Crippen molar-refractivity contribution in [1.82, 2.24) is 14.9 Å². The first kappa shape index (κ1) is 9.96. The van der Waals surface area contributed by atoms with Crippen LogP contribution >= 0.6 is 0 Å². The Hall–Kier alpha value is -1.58. The first-order valence-electron chi connectivity index (χ1n) is 4.92. The molecule has 2 rings (SSSR count). The Kier molecular flexibility index (Phi) is 2.14. The molecule has 2 heterocycles. The van der Waals surface area contributed by atoms with E-state index >= 15 is 0 Å². The second-order valence-electron chi connectivity index (χ2n) is 4.69. The first-order chi connectivity index (χ1) is 7.00. The molecule has 0 saturated carbocycles. The third-order valence-electron chi connectivity index (χ3n) is 2.39. The van der Waals surface area contributed by atoms with Crippen molar-refractivity contribution >= 4 is 0 Å². The zero-order chi connectivity index (χ0) is 11.1. The van der Waals surface area contributed by atoms with Crippen molar-refractivity contribution in [3.05, 3.63) is 24.4 Å². The highest BCUT2D eigenvalue weighted by Crippen LogP contribution is 2.31. The molecule has 0 aliphatic rings. The zero-order valence-electron chi connectivity index (χ0n) is 9.48. The molecule has 4 nitrogen and oxygen atoms in total. The number of aromatic nitrogens is 3. The topological polar surface area (TPSA) is 43.9 Å². The lowest BCUT2D eigenvalue weighted by atomic mass is 9.88. The van der Waals surface area contributed by atoms with E-state index in [0.717, 1.165) is 11.1 Å². The van der Waals surface area contributed by atoms with Gasteiger partial charge in [-0.05, 0) is 0 Å². The fourth-order valence-corrected chi connectivity index (χ4v) is 1.88. The molecule has 0 unspecified atom stereocenters. The van der Waals surface area contributed by atoms with E-state index < -0.39 is 0 Å². The van der Waals surface area contributed by atoms with E-state index in [2.05, 4.69) is 31.0 Å². The van der Waals surface area contributed by atoms with Crippen LogP contribution in [0.1, 0.15) is 26.5 Å². The Morgan fingerprint density at radius 3 is 2.53 bits per heavy atom. The number of rotatable bonds is 1. The summed E-state index contributed by atoms with van der Waals surface area (Å²) in [7, 11) is 1.96. The van der Waals surface area contributed by atoms with Gasteiger partial charge in [0, 0.05) is 23.6 Å². The van der Waals surface area contributed by atoms with Gasteiger partial charge in [0.2, 0.25) is 0 Å². The molecule has 0 aliphatic heterocycles. The van der Waals surface area contributed by atoms with Crippen molar-refractivity contribution in [3.8, 4) is 11.1 Å². The quantitative estimate of drug-likeness (QED) is 0.717. The molecule has 2 aromatic heterocycles. The van der Waals surface area contributed by atoms with E-state index in [1.807, 2.05) is 17.9 Å². The molecule has 2 aromatic rings. The monoisotopic (exact) mass is 205 g/mol. The SMILES string of the molecule is Cn1ncc(-c2cnoc2)c1C(C)(C)C. The second-order valence-corrected chi connectivity index (χ2v) is 4.69. The summed E-state index contributed by atoms with van der Waals surface area (Å²) >= 11 is 0. The van der Waals surface area contributed by atoms with Gasteiger partial charge < -0.3 is 4.52 Å². The maximum atomic E-state index is 4.86. The largest absolute Gasteiger partial charge is 0.364 e. The van der Waals surface area contributed by atoms with Gasteiger partial charge in [-0.3, -0.25) is 4.68 Å². The van der Waals surface area contributed by atoms with Crippen LogP contribution in [-0.4, -0.2) is 14.9 Å². The van der Waals surface area contributed by atoms with Crippen LogP contribution in [0.25, 0.3) is 11.1 Å². The summed E-state index contributed by atoms with van der Waals surface area (Å²) in [5.74, 6) is 0. The predicted molar refractivity (Wildman–Crippen MR) is 57.4 cm³/mol. The molecule has 0 aliphatic carbocycles. The van der Waals surface area contributed by atoms with Crippen molar-refractivity contribution in [2.24, 2.45) is 7.05 Å². The number of hydrogen-bond acceptors (Lipinski definition) is 3. The van der Waals surface area contributed by atoms with Crippen LogP contribution in [0.5, 0.6) is 0 Å². The highest BCUT2D eigenvalue weighted by atomic mass is 16.5. The average molecular weight is 205 g/mol. The second kappa shape index (κ2) is 3.22. The van der Waals surface area contributed by atoms with E-state index in [1.165, 1.54) is 5.69 Å². The first-order valence-corrected chi connectivity index (χ1v) is 4.92. The summed E-state index contributed by atoms with van der Waals surface area (Å²) in [5, 5.41) is 8.01. The van der Waals surface area contributed by atoms with Crippen LogP contribution in [0, 0.1) is 0 Å². The molecule has 15 heavy (non-hydrogen) atoms. The van der Waals surface area contributed by atoms with Gasteiger partial charge in [-0.15, -0.1) is 0 Å². The maximum Gasteiger partial charge on any atom is 0.131 e. The Balaban J connectivity index is 2.59. The Morgan fingerprint density at radius 2 is 2.00 bits per heavy atom. The molecule has 0 spiro atoms. The molecule has 0 atom stereocenters. The predicted octanol–water partition coefficient (Wildman–Crippen LogP) is 2.37. The summed E-state index contributed by atoms with van der Waals surface area (Å²) in [6.07, 6.45) is 5.21. The summed E-state index contributed by atoms with van der Waals surface area (Å²) < 4.78 is 6.76. The molecular weight excluding hydrogens is 190 g/mol. The van der Waals surface area contributed by atoms with Crippen LogP contribution in [0.3, 0.4) is 0 Å². The third kappa shape index (κ3) is 1.67. The van der Waals surface area contributed by atoms with Gasteiger partial charge >= 0.3 is 0 Å². The summed E-state index contributed by atoms with van der Waals surface area (Å²) in [6.45, 7) is 6.50. The van der Waals surface area contributed by atoms with Crippen molar-refractivity contribution in [2.75, 3.05) is 0 Å². The molecule has 0 aromatic carbocycles. The summed E-state index contributed by atoms with van der Waals surface area (Å²) in [4.78, 5) is 0. The minimum absolute atomic E-state index is 0.0534. The van der Waals surface area contributed by atoms with Gasteiger partial charge in [0.05, 0.1) is 18.1 Å².